The minimum Gasteiger partial charge on any atom is -0.493 e. The zero-order chi connectivity index (χ0) is 28.4. The molecular formula is C29H33IN2O7. The first-order valence-electron chi connectivity index (χ1n) is 12.5. The van der Waals surface area contributed by atoms with E-state index in [1.165, 1.54) is 19.3 Å². The van der Waals surface area contributed by atoms with Crippen LogP contribution < -0.4 is 14.8 Å². The van der Waals surface area contributed by atoms with Crippen molar-refractivity contribution in [1.82, 2.24) is 10.2 Å². The first kappa shape index (κ1) is 30.3. The normalized spacial score (nSPS) is 18.5. The van der Waals surface area contributed by atoms with Crippen LogP contribution in [0.15, 0.2) is 66.8 Å². The highest BCUT2D eigenvalue weighted by atomic mass is 127. The van der Waals surface area contributed by atoms with E-state index in [1.807, 2.05) is 52.9 Å². The number of ether oxygens (including phenoxy) is 2. The third-order valence-electron chi connectivity index (χ3n) is 6.33. The fourth-order valence-corrected chi connectivity index (χ4v) is 5.13. The van der Waals surface area contributed by atoms with Gasteiger partial charge in [0.15, 0.2) is 11.5 Å². The number of benzene rings is 2. The maximum absolute atomic E-state index is 13.4. The highest BCUT2D eigenvalue weighted by molar-refractivity contribution is 14.1. The Labute approximate surface area is 241 Å². The molecule has 0 saturated heterocycles. The standard InChI is InChI=1S/C29H33IN2O7/c1-3-4-10-26(35)32(17-19-8-6-5-7-9-19)23-15-21(29(37)31-11-12-33)16-24(27(23)36)39-28-22(30)13-20(18-34)14-25(28)38-2/h3,5-9,13-14,16,18,23-24,27,33,36H,1,4,10-12,15,17H2,2H3,(H,31,37). The van der Waals surface area contributed by atoms with Crippen molar-refractivity contribution < 1.29 is 34.1 Å². The fourth-order valence-electron chi connectivity index (χ4n) is 4.38. The summed E-state index contributed by atoms with van der Waals surface area (Å²) in [6.07, 6.45) is 2.42. The summed E-state index contributed by atoms with van der Waals surface area (Å²) in [6.45, 7) is 3.76. The smallest absolute Gasteiger partial charge is 0.247 e. The van der Waals surface area contributed by atoms with E-state index in [-0.39, 0.29) is 38.4 Å². The molecule has 0 heterocycles. The number of methoxy groups -OCH3 is 1. The molecule has 2 amide bonds. The van der Waals surface area contributed by atoms with Gasteiger partial charge < -0.3 is 29.9 Å². The molecule has 0 fully saturated rings. The van der Waals surface area contributed by atoms with Crippen LogP contribution in [0.3, 0.4) is 0 Å². The molecule has 0 aromatic heterocycles. The minimum absolute atomic E-state index is 0.0553. The fraction of sp³-hybridized carbons (Fsp3) is 0.345. The van der Waals surface area contributed by atoms with Crippen molar-refractivity contribution in [3.8, 4) is 11.5 Å². The van der Waals surface area contributed by atoms with E-state index in [0.29, 0.717) is 38.9 Å². The van der Waals surface area contributed by atoms with Crippen molar-refractivity contribution in [2.45, 2.75) is 44.1 Å². The number of amides is 2. The van der Waals surface area contributed by atoms with Gasteiger partial charge in [0.1, 0.15) is 18.5 Å². The summed E-state index contributed by atoms with van der Waals surface area (Å²) in [5, 5.41) is 23.4. The van der Waals surface area contributed by atoms with E-state index in [1.54, 1.807) is 17.0 Å². The molecule has 0 bridgehead atoms. The Balaban J connectivity index is 2.03. The zero-order valence-corrected chi connectivity index (χ0v) is 23.9. The van der Waals surface area contributed by atoms with Crippen LogP contribution in [0.25, 0.3) is 0 Å². The van der Waals surface area contributed by atoms with Crippen LogP contribution in [0.2, 0.25) is 0 Å². The second kappa shape index (κ2) is 14.8. The van der Waals surface area contributed by atoms with Crippen LogP contribution in [-0.2, 0) is 16.1 Å². The van der Waals surface area contributed by atoms with Crippen molar-refractivity contribution in [3.05, 3.63) is 81.5 Å². The van der Waals surface area contributed by atoms with Gasteiger partial charge in [0.05, 0.1) is 23.3 Å². The van der Waals surface area contributed by atoms with E-state index in [2.05, 4.69) is 11.9 Å². The number of aliphatic hydroxyl groups is 2. The van der Waals surface area contributed by atoms with E-state index < -0.39 is 24.2 Å². The van der Waals surface area contributed by atoms with Gasteiger partial charge in [-0.25, -0.2) is 0 Å². The lowest BCUT2D eigenvalue weighted by Gasteiger charge is -2.40. The van der Waals surface area contributed by atoms with Gasteiger partial charge in [-0.2, -0.15) is 0 Å². The molecule has 0 aliphatic heterocycles. The lowest BCUT2D eigenvalue weighted by Crippen LogP contribution is -2.54. The quantitative estimate of drug-likeness (QED) is 0.173. The first-order chi connectivity index (χ1) is 18.8. The summed E-state index contributed by atoms with van der Waals surface area (Å²) in [5.41, 5.74) is 1.58. The van der Waals surface area contributed by atoms with Crippen LogP contribution in [0, 0.1) is 3.57 Å². The number of carbonyl (C=O) groups is 3. The topological polar surface area (TPSA) is 125 Å². The van der Waals surface area contributed by atoms with E-state index in [4.69, 9.17) is 9.47 Å². The van der Waals surface area contributed by atoms with E-state index >= 15 is 0 Å². The minimum atomic E-state index is -1.19. The highest BCUT2D eigenvalue weighted by Gasteiger charge is 2.40. The van der Waals surface area contributed by atoms with Crippen molar-refractivity contribution in [1.29, 1.82) is 0 Å². The van der Waals surface area contributed by atoms with Gasteiger partial charge in [0.2, 0.25) is 11.8 Å². The number of aliphatic hydroxyl groups excluding tert-OH is 2. The molecule has 0 saturated carbocycles. The second-order valence-electron chi connectivity index (χ2n) is 9.00. The Kier molecular flexibility index (Phi) is 11.5. The number of nitrogens with one attached hydrogen (secondary N) is 1. The Morgan fingerprint density at radius 1 is 1.26 bits per heavy atom. The molecule has 10 heteroatoms. The highest BCUT2D eigenvalue weighted by Crippen LogP contribution is 2.37. The van der Waals surface area contributed by atoms with Crippen LogP contribution in [0.5, 0.6) is 11.5 Å². The van der Waals surface area contributed by atoms with Crippen molar-refractivity contribution >= 4 is 40.7 Å². The van der Waals surface area contributed by atoms with Gasteiger partial charge in [-0.05, 0) is 52.8 Å². The largest absolute Gasteiger partial charge is 0.493 e. The number of aldehydes is 1. The Hall–Kier alpha value is -3.22. The second-order valence-corrected chi connectivity index (χ2v) is 10.2. The molecule has 3 atom stereocenters. The van der Waals surface area contributed by atoms with E-state index in [9.17, 15) is 24.6 Å². The maximum Gasteiger partial charge on any atom is 0.247 e. The number of nitrogens with zero attached hydrogens (tertiary/aromatic N) is 1. The average Bonchev–Trinajstić information content (AvgIpc) is 2.95. The molecule has 3 N–H and O–H groups in total. The Bertz CT molecular complexity index is 1200. The molecular weight excluding hydrogens is 615 g/mol. The number of carbonyl (C=O) groups excluding carboxylic acids is 3. The van der Waals surface area contributed by atoms with Gasteiger partial charge in [-0.15, -0.1) is 6.58 Å². The average molecular weight is 648 g/mol. The number of halogens is 1. The van der Waals surface area contributed by atoms with Crippen molar-refractivity contribution in [2.24, 2.45) is 0 Å². The van der Waals surface area contributed by atoms with Gasteiger partial charge in [0.25, 0.3) is 0 Å². The van der Waals surface area contributed by atoms with Gasteiger partial charge in [0, 0.05) is 37.1 Å². The third-order valence-corrected chi connectivity index (χ3v) is 7.14. The van der Waals surface area contributed by atoms with Crippen LogP contribution >= 0.6 is 22.6 Å². The van der Waals surface area contributed by atoms with Gasteiger partial charge in [-0.3, -0.25) is 14.4 Å². The summed E-state index contributed by atoms with van der Waals surface area (Å²) in [5.74, 6) is -0.0275. The molecule has 3 rings (SSSR count). The molecule has 2 aromatic carbocycles. The molecule has 3 unspecified atom stereocenters. The number of allylic oxidation sites excluding steroid dienone is 1. The molecule has 0 spiro atoms. The predicted octanol–water partition coefficient (Wildman–Crippen LogP) is 3.02. The summed E-state index contributed by atoms with van der Waals surface area (Å²) in [6, 6.07) is 11.8. The summed E-state index contributed by atoms with van der Waals surface area (Å²) in [7, 11) is 1.44. The molecule has 0 radical (unpaired) electrons. The van der Waals surface area contributed by atoms with Gasteiger partial charge >= 0.3 is 0 Å². The van der Waals surface area contributed by atoms with Gasteiger partial charge in [-0.1, -0.05) is 36.4 Å². The lowest BCUT2D eigenvalue weighted by atomic mass is 9.87. The summed E-state index contributed by atoms with van der Waals surface area (Å²) >= 11 is 2.01. The SMILES string of the molecule is C=CCCC(=O)N(Cc1ccccc1)C1CC(C(=O)NCCO)=CC(Oc2c(I)cc(C=O)cc2OC)C1O. The Morgan fingerprint density at radius 2 is 2.00 bits per heavy atom. The zero-order valence-electron chi connectivity index (χ0n) is 21.7. The predicted molar refractivity (Wildman–Crippen MR) is 155 cm³/mol. The number of hydrogen-bond acceptors (Lipinski definition) is 7. The van der Waals surface area contributed by atoms with Crippen LogP contribution in [0.1, 0.15) is 35.2 Å². The van der Waals surface area contributed by atoms with Crippen LogP contribution in [-0.4, -0.2) is 71.7 Å². The lowest BCUT2D eigenvalue weighted by molar-refractivity contribution is -0.139. The molecule has 1 aliphatic rings. The van der Waals surface area contributed by atoms with Crippen molar-refractivity contribution in [3.63, 3.8) is 0 Å². The summed E-state index contributed by atoms with van der Waals surface area (Å²) < 4.78 is 12.2. The molecule has 208 valence electrons. The molecule has 1 aliphatic carbocycles. The first-order valence-corrected chi connectivity index (χ1v) is 13.6. The van der Waals surface area contributed by atoms with Crippen LogP contribution in [0.4, 0.5) is 0 Å². The number of hydrogen-bond donors (Lipinski definition) is 3. The Morgan fingerprint density at radius 3 is 2.64 bits per heavy atom. The van der Waals surface area contributed by atoms with E-state index in [0.717, 1.165) is 5.56 Å². The summed E-state index contributed by atoms with van der Waals surface area (Å²) in [4.78, 5) is 39.3. The molecule has 2 aromatic rings. The number of rotatable bonds is 13. The third kappa shape index (κ3) is 7.90. The molecule has 39 heavy (non-hydrogen) atoms. The maximum atomic E-state index is 13.4. The molecule has 9 nitrogen and oxygen atoms in total. The monoisotopic (exact) mass is 648 g/mol. The van der Waals surface area contributed by atoms with Crippen molar-refractivity contribution in [2.75, 3.05) is 20.3 Å².